The SMILES string of the molecule is N#Cc1ccc(S(=O)(=O)Nc2cnc3ccccc3c2)s1. The maximum atomic E-state index is 12.2. The van der Waals surface area contributed by atoms with Crippen molar-refractivity contribution in [2.75, 3.05) is 4.72 Å². The van der Waals surface area contributed by atoms with Crippen LogP contribution in [-0.4, -0.2) is 13.4 Å². The summed E-state index contributed by atoms with van der Waals surface area (Å²) in [5.41, 5.74) is 1.18. The summed E-state index contributed by atoms with van der Waals surface area (Å²) in [6.45, 7) is 0. The minimum atomic E-state index is -3.69. The van der Waals surface area contributed by atoms with E-state index >= 15 is 0 Å². The van der Waals surface area contributed by atoms with Crippen LogP contribution >= 0.6 is 11.3 Å². The van der Waals surface area contributed by atoms with Crippen molar-refractivity contribution in [1.29, 1.82) is 5.26 Å². The van der Waals surface area contributed by atoms with Gasteiger partial charge in [0, 0.05) is 5.39 Å². The molecule has 3 rings (SSSR count). The summed E-state index contributed by atoms with van der Waals surface area (Å²) in [5.74, 6) is 0. The van der Waals surface area contributed by atoms with Gasteiger partial charge in [-0.1, -0.05) is 18.2 Å². The second-order valence-electron chi connectivity index (χ2n) is 4.25. The van der Waals surface area contributed by atoms with E-state index in [4.69, 9.17) is 5.26 Å². The molecule has 0 bridgehead atoms. The average molecular weight is 315 g/mol. The monoisotopic (exact) mass is 315 g/mol. The molecule has 0 radical (unpaired) electrons. The molecule has 0 atom stereocenters. The molecule has 21 heavy (non-hydrogen) atoms. The number of aromatic nitrogens is 1. The number of benzene rings is 1. The molecule has 0 fully saturated rings. The van der Waals surface area contributed by atoms with E-state index in [0.29, 0.717) is 10.6 Å². The molecule has 5 nitrogen and oxygen atoms in total. The van der Waals surface area contributed by atoms with Crippen molar-refractivity contribution in [3.63, 3.8) is 0 Å². The summed E-state index contributed by atoms with van der Waals surface area (Å²) in [4.78, 5) is 4.56. The van der Waals surface area contributed by atoms with Crippen molar-refractivity contribution in [2.24, 2.45) is 0 Å². The van der Waals surface area contributed by atoms with Crippen molar-refractivity contribution in [1.82, 2.24) is 4.98 Å². The van der Waals surface area contributed by atoms with Crippen LogP contribution in [0, 0.1) is 11.3 Å². The highest BCUT2D eigenvalue weighted by Crippen LogP contribution is 2.24. The van der Waals surface area contributed by atoms with E-state index in [-0.39, 0.29) is 4.21 Å². The number of nitriles is 1. The normalized spacial score (nSPS) is 11.2. The summed E-state index contributed by atoms with van der Waals surface area (Å²) < 4.78 is 27.0. The van der Waals surface area contributed by atoms with Crippen LogP contribution in [0.25, 0.3) is 10.9 Å². The van der Waals surface area contributed by atoms with E-state index in [2.05, 4.69) is 9.71 Å². The molecule has 7 heteroatoms. The van der Waals surface area contributed by atoms with E-state index in [1.54, 1.807) is 6.07 Å². The third-order valence-electron chi connectivity index (χ3n) is 2.80. The Hall–Kier alpha value is -2.43. The van der Waals surface area contributed by atoms with Crippen LogP contribution < -0.4 is 4.72 Å². The zero-order chi connectivity index (χ0) is 14.9. The topological polar surface area (TPSA) is 82.8 Å². The number of nitrogens with zero attached hydrogens (tertiary/aromatic N) is 2. The van der Waals surface area contributed by atoms with E-state index in [0.717, 1.165) is 22.2 Å². The predicted molar refractivity (Wildman–Crippen MR) is 81.6 cm³/mol. The molecule has 0 aliphatic carbocycles. The molecule has 0 spiro atoms. The fraction of sp³-hybridized carbons (Fsp3) is 0. The van der Waals surface area contributed by atoms with Gasteiger partial charge in [0.1, 0.15) is 15.2 Å². The Balaban J connectivity index is 1.95. The predicted octanol–water partition coefficient (Wildman–Crippen LogP) is 2.97. The Morgan fingerprint density at radius 1 is 1.19 bits per heavy atom. The highest BCUT2D eigenvalue weighted by Gasteiger charge is 2.17. The van der Waals surface area contributed by atoms with Gasteiger partial charge < -0.3 is 0 Å². The van der Waals surface area contributed by atoms with Crippen LogP contribution in [0.5, 0.6) is 0 Å². The highest BCUT2D eigenvalue weighted by molar-refractivity contribution is 7.94. The molecule has 3 aromatic rings. The van der Waals surface area contributed by atoms with Crippen molar-refractivity contribution < 1.29 is 8.42 Å². The molecule has 1 N–H and O–H groups in total. The number of thiophene rings is 1. The third-order valence-corrected chi connectivity index (χ3v) is 5.66. The molecule has 104 valence electrons. The standard InChI is InChI=1S/C14H9N3O2S2/c15-8-12-5-6-14(20-12)21(18,19)17-11-7-10-3-1-2-4-13(10)16-9-11/h1-7,9,17H. The maximum Gasteiger partial charge on any atom is 0.271 e. The van der Waals surface area contributed by atoms with Crippen LogP contribution in [-0.2, 0) is 10.0 Å². The van der Waals surface area contributed by atoms with Crippen molar-refractivity contribution in [2.45, 2.75) is 4.21 Å². The number of hydrogen-bond donors (Lipinski definition) is 1. The lowest BCUT2D eigenvalue weighted by atomic mass is 10.2. The Bertz CT molecular complexity index is 956. The first-order chi connectivity index (χ1) is 10.1. The molecule has 0 aliphatic heterocycles. The fourth-order valence-electron chi connectivity index (χ4n) is 1.86. The molecule has 0 saturated heterocycles. The van der Waals surface area contributed by atoms with Gasteiger partial charge in [0.05, 0.1) is 17.4 Å². The molecular weight excluding hydrogens is 306 g/mol. The lowest BCUT2D eigenvalue weighted by Crippen LogP contribution is -2.11. The highest BCUT2D eigenvalue weighted by atomic mass is 32.2. The number of para-hydroxylation sites is 1. The van der Waals surface area contributed by atoms with Gasteiger partial charge in [-0.05, 0) is 24.3 Å². The number of sulfonamides is 1. The van der Waals surface area contributed by atoms with Crippen LogP contribution in [0.15, 0.2) is 52.9 Å². The van der Waals surface area contributed by atoms with Crippen molar-refractivity contribution >= 4 is 38.0 Å². The van der Waals surface area contributed by atoms with Gasteiger partial charge in [0.15, 0.2) is 0 Å². The van der Waals surface area contributed by atoms with Gasteiger partial charge in [-0.2, -0.15) is 5.26 Å². The van der Waals surface area contributed by atoms with Gasteiger partial charge in [-0.25, -0.2) is 8.42 Å². The summed E-state index contributed by atoms with van der Waals surface area (Å²) >= 11 is 0.931. The van der Waals surface area contributed by atoms with Crippen molar-refractivity contribution in [3.05, 3.63) is 53.5 Å². The summed E-state index contributed by atoms with van der Waals surface area (Å²) in [6, 6.07) is 14.0. The first kappa shape index (κ1) is 13.5. The zero-order valence-electron chi connectivity index (χ0n) is 10.6. The third kappa shape index (κ3) is 2.72. The van der Waals surface area contributed by atoms with Crippen LogP contribution in [0.1, 0.15) is 4.88 Å². The quantitative estimate of drug-likeness (QED) is 0.805. The van der Waals surface area contributed by atoms with Crippen molar-refractivity contribution in [3.8, 4) is 6.07 Å². The van der Waals surface area contributed by atoms with Gasteiger partial charge in [-0.3, -0.25) is 9.71 Å². The number of anilines is 1. The molecule has 0 amide bonds. The Morgan fingerprint density at radius 2 is 2.00 bits per heavy atom. The van der Waals surface area contributed by atoms with E-state index in [1.165, 1.54) is 18.3 Å². The molecular formula is C14H9N3O2S2. The lowest BCUT2D eigenvalue weighted by molar-refractivity contribution is 0.603. The first-order valence-corrected chi connectivity index (χ1v) is 8.26. The van der Waals surface area contributed by atoms with Crippen LogP contribution in [0.4, 0.5) is 5.69 Å². The Labute approximate surface area is 125 Å². The number of nitrogens with one attached hydrogen (secondary N) is 1. The first-order valence-electron chi connectivity index (χ1n) is 5.96. The van der Waals surface area contributed by atoms with E-state index in [9.17, 15) is 8.42 Å². The minimum absolute atomic E-state index is 0.104. The molecule has 2 aromatic heterocycles. The largest absolute Gasteiger partial charge is 0.277 e. The molecule has 0 unspecified atom stereocenters. The number of fused-ring (bicyclic) bond motifs is 1. The van der Waals surface area contributed by atoms with E-state index in [1.807, 2.05) is 30.3 Å². The number of rotatable bonds is 3. The van der Waals surface area contributed by atoms with Gasteiger partial charge >= 0.3 is 0 Å². The van der Waals surface area contributed by atoms with Gasteiger partial charge in [0.25, 0.3) is 10.0 Å². The summed E-state index contributed by atoms with van der Waals surface area (Å²) in [5, 5.41) is 9.61. The molecule has 0 saturated carbocycles. The van der Waals surface area contributed by atoms with E-state index < -0.39 is 10.0 Å². The fourth-order valence-corrected chi connectivity index (χ4v) is 3.99. The summed E-state index contributed by atoms with van der Waals surface area (Å²) in [6.07, 6.45) is 1.47. The lowest BCUT2D eigenvalue weighted by Gasteiger charge is -2.06. The van der Waals surface area contributed by atoms with Crippen LogP contribution in [0.3, 0.4) is 0 Å². The Kier molecular flexibility index (Phi) is 3.33. The van der Waals surface area contributed by atoms with Crippen LogP contribution in [0.2, 0.25) is 0 Å². The Morgan fingerprint density at radius 3 is 2.76 bits per heavy atom. The number of pyridine rings is 1. The van der Waals surface area contributed by atoms with Gasteiger partial charge in [-0.15, -0.1) is 11.3 Å². The molecule has 2 heterocycles. The molecule has 0 aliphatic rings. The zero-order valence-corrected chi connectivity index (χ0v) is 12.3. The average Bonchev–Trinajstić information content (AvgIpc) is 2.96. The van der Waals surface area contributed by atoms with Gasteiger partial charge in [0.2, 0.25) is 0 Å². The second kappa shape index (κ2) is 5.16. The number of hydrogen-bond acceptors (Lipinski definition) is 5. The maximum absolute atomic E-state index is 12.2. The smallest absolute Gasteiger partial charge is 0.271 e. The summed E-state index contributed by atoms with van der Waals surface area (Å²) in [7, 11) is -3.69. The minimum Gasteiger partial charge on any atom is -0.277 e. The second-order valence-corrected chi connectivity index (χ2v) is 7.25. The molecule has 1 aromatic carbocycles.